The van der Waals surface area contributed by atoms with Gasteiger partial charge in [0.2, 0.25) is 0 Å². The van der Waals surface area contributed by atoms with Gasteiger partial charge in [0.15, 0.2) is 9.84 Å². The molecule has 1 aliphatic heterocycles. The molecule has 1 fully saturated rings. The Bertz CT molecular complexity index is 960. The Morgan fingerprint density at radius 3 is 2.25 bits per heavy atom. The molecule has 1 amide bonds. The number of nitrogens with zero attached hydrogens (tertiary/aromatic N) is 2. The maximum absolute atomic E-state index is 13.2. The van der Waals surface area contributed by atoms with Gasteiger partial charge in [0, 0.05) is 37.7 Å². The van der Waals surface area contributed by atoms with Crippen molar-refractivity contribution in [2.24, 2.45) is 0 Å². The Kier molecular flexibility index (Phi) is 6.60. The molecule has 0 spiro atoms. The molecule has 1 saturated heterocycles. The van der Waals surface area contributed by atoms with Crippen LogP contribution in [-0.4, -0.2) is 62.6 Å². The molecule has 3 rings (SSSR count). The van der Waals surface area contributed by atoms with Crippen LogP contribution in [0.25, 0.3) is 0 Å². The van der Waals surface area contributed by atoms with E-state index in [0.29, 0.717) is 37.7 Å². The van der Waals surface area contributed by atoms with E-state index < -0.39 is 15.7 Å². The van der Waals surface area contributed by atoms with E-state index in [2.05, 4.69) is 0 Å². The third-order valence-electron chi connectivity index (χ3n) is 4.67. The number of benzene rings is 2. The molecular weight excluding hydrogens is 426 g/mol. The van der Waals surface area contributed by atoms with E-state index >= 15 is 0 Å². The number of sulfone groups is 1. The summed E-state index contributed by atoms with van der Waals surface area (Å²) in [6.45, 7) is 2.40. The molecule has 0 radical (unpaired) electrons. The average Bonchev–Trinajstić information content (AvgIpc) is 2.67. The number of piperazine rings is 1. The molecule has 150 valence electrons. The molecule has 0 N–H and O–H groups in total. The molecule has 2 aromatic rings. The SMILES string of the molecule is O=C(c1ccc(F)cc1Cl)N1CCN(CCS(=O)(=O)c2ccc(Cl)cc2)CC1. The fraction of sp³-hybridized carbons (Fsp3) is 0.316. The first-order valence-electron chi connectivity index (χ1n) is 8.71. The van der Waals surface area contributed by atoms with Crippen molar-refractivity contribution in [3.63, 3.8) is 0 Å². The summed E-state index contributed by atoms with van der Waals surface area (Å²) in [6, 6.07) is 9.81. The topological polar surface area (TPSA) is 57.7 Å². The van der Waals surface area contributed by atoms with Crippen LogP contribution in [0.5, 0.6) is 0 Å². The minimum atomic E-state index is -3.39. The van der Waals surface area contributed by atoms with E-state index in [-0.39, 0.29) is 27.1 Å². The quantitative estimate of drug-likeness (QED) is 0.709. The standard InChI is InChI=1S/C19H19Cl2FN2O3S/c20-14-1-4-16(5-2-14)28(26,27)12-11-23-7-9-24(10-8-23)19(25)17-6-3-15(22)13-18(17)21/h1-6,13H,7-12H2. The third kappa shape index (κ3) is 5.03. The summed E-state index contributed by atoms with van der Waals surface area (Å²) in [5, 5.41) is 0.572. The fourth-order valence-corrected chi connectivity index (χ4v) is 4.68. The lowest BCUT2D eigenvalue weighted by molar-refractivity contribution is 0.0644. The zero-order chi connectivity index (χ0) is 20.3. The number of carbonyl (C=O) groups excluding carboxylic acids is 1. The van der Waals surface area contributed by atoms with Gasteiger partial charge in [-0.2, -0.15) is 0 Å². The van der Waals surface area contributed by atoms with Crippen LogP contribution >= 0.6 is 23.2 Å². The van der Waals surface area contributed by atoms with E-state index in [1.54, 1.807) is 17.0 Å². The van der Waals surface area contributed by atoms with Crippen LogP contribution in [0.2, 0.25) is 10.0 Å². The van der Waals surface area contributed by atoms with E-state index in [1.165, 1.54) is 24.3 Å². The minimum absolute atomic E-state index is 0.00757. The molecule has 0 aliphatic carbocycles. The molecule has 1 aliphatic rings. The van der Waals surface area contributed by atoms with E-state index in [1.807, 2.05) is 4.90 Å². The summed E-state index contributed by atoms with van der Waals surface area (Å²) in [5.41, 5.74) is 0.266. The molecule has 28 heavy (non-hydrogen) atoms. The highest BCUT2D eigenvalue weighted by Crippen LogP contribution is 2.20. The Balaban J connectivity index is 1.54. The highest BCUT2D eigenvalue weighted by atomic mass is 35.5. The first kappa shape index (κ1) is 21.0. The number of carbonyl (C=O) groups is 1. The smallest absolute Gasteiger partial charge is 0.255 e. The van der Waals surface area contributed by atoms with Gasteiger partial charge in [-0.1, -0.05) is 23.2 Å². The van der Waals surface area contributed by atoms with Crippen molar-refractivity contribution in [2.75, 3.05) is 38.5 Å². The van der Waals surface area contributed by atoms with Gasteiger partial charge in [-0.25, -0.2) is 12.8 Å². The molecule has 9 heteroatoms. The Morgan fingerprint density at radius 1 is 1.00 bits per heavy atom. The second-order valence-electron chi connectivity index (χ2n) is 6.53. The van der Waals surface area contributed by atoms with Crippen LogP contribution < -0.4 is 0 Å². The molecule has 2 aromatic carbocycles. The number of amides is 1. The summed E-state index contributed by atoms with van der Waals surface area (Å²) in [4.78, 5) is 16.5. The van der Waals surface area contributed by atoms with Crippen LogP contribution in [0.1, 0.15) is 10.4 Å². The van der Waals surface area contributed by atoms with Crippen molar-refractivity contribution in [3.8, 4) is 0 Å². The van der Waals surface area contributed by atoms with Crippen LogP contribution in [0, 0.1) is 5.82 Å². The molecule has 1 heterocycles. The summed E-state index contributed by atoms with van der Waals surface area (Å²) in [5.74, 6) is -0.751. The Labute approximate surface area is 173 Å². The molecule has 0 bridgehead atoms. The monoisotopic (exact) mass is 444 g/mol. The molecule has 0 atom stereocenters. The summed E-state index contributed by atoms with van der Waals surface area (Å²) >= 11 is 11.8. The van der Waals surface area contributed by atoms with Crippen LogP contribution in [0.15, 0.2) is 47.4 Å². The predicted octanol–water partition coefficient (Wildman–Crippen LogP) is 3.36. The lowest BCUT2D eigenvalue weighted by Gasteiger charge is -2.34. The molecule has 0 aromatic heterocycles. The lowest BCUT2D eigenvalue weighted by atomic mass is 10.1. The van der Waals surface area contributed by atoms with Gasteiger partial charge in [0.25, 0.3) is 5.91 Å². The average molecular weight is 445 g/mol. The second-order valence-corrected chi connectivity index (χ2v) is 9.48. The molecule has 0 unspecified atom stereocenters. The van der Waals surface area contributed by atoms with E-state index in [9.17, 15) is 17.6 Å². The van der Waals surface area contributed by atoms with Crippen LogP contribution in [0.4, 0.5) is 4.39 Å². The predicted molar refractivity (Wildman–Crippen MR) is 107 cm³/mol. The van der Waals surface area contributed by atoms with Gasteiger partial charge < -0.3 is 4.90 Å². The van der Waals surface area contributed by atoms with Crippen LogP contribution in [-0.2, 0) is 9.84 Å². The minimum Gasteiger partial charge on any atom is -0.336 e. The van der Waals surface area contributed by atoms with Crippen molar-refractivity contribution in [1.29, 1.82) is 0 Å². The van der Waals surface area contributed by atoms with Gasteiger partial charge in [0.1, 0.15) is 5.82 Å². The second kappa shape index (κ2) is 8.78. The van der Waals surface area contributed by atoms with Gasteiger partial charge in [-0.3, -0.25) is 9.69 Å². The van der Waals surface area contributed by atoms with Crippen molar-refractivity contribution in [2.45, 2.75) is 4.90 Å². The maximum atomic E-state index is 13.2. The number of rotatable bonds is 5. The normalized spacial score (nSPS) is 15.6. The highest BCUT2D eigenvalue weighted by Gasteiger charge is 2.25. The first-order chi connectivity index (χ1) is 13.3. The Hall–Kier alpha value is -1.67. The van der Waals surface area contributed by atoms with E-state index in [4.69, 9.17) is 23.2 Å². The third-order valence-corrected chi connectivity index (χ3v) is 6.95. The highest BCUT2D eigenvalue weighted by molar-refractivity contribution is 7.91. The van der Waals surface area contributed by atoms with Gasteiger partial charge in [-0.05, 0) is 42.5 Å². The van der Waals surface area contributed by atoms with Crippen LogP contribution in [0.3, 0.4) is 0 Å². The largest absolute Gasteiger partial charge is 0.336 e. The number of hydrogen-bond acceptors (Lipinski definition) is 4. The summed E-state index contributed by atoms with van der Waals surface area (Å²) < 4.78 is 38.0. The number of halogens is 3. The van der Waals surface area contributed by atoms with Crippen molar-refractivity contribution >= 4 is 38.9 Å². The molecule has 5 nitrogen and oxygen atoms in total. The molecule has 0 saturated carbocycles. The fourth-order valence-electron chi connectivity index (χ4n) is 3.02. The van der Waals surface area contributed by atoms with Gasteiger partial charge in [0.05, 0.1) is 21.2 Å². The maximum Gasteiger partial charge on any atom is 0.255 e. The molecular formula is C19H19Cl2FN2O3S. The van der Waals surface area contributed by atoms with Crippen molar-refractivity contribution in [3.05, 3.63) is 63.9 Å². The zero-order valence-electron chi connectivity index (χ0n) is 14.9. The van der Waals surface area contributed by atoms with E-state index in [0.717, 1.165) is 6.07 Å². The van der Waals surface area contributed by atoms with Gasteiger partial charge >= 0.3 is 0 Å². The van der Waals surface area contributed by atoms with Crippen molar-refractivity contribution < 1.29 is 17.6 Å². The van der Waals surface area contributed by atoms with Gasteiger partial charge in [-0.15, -0.1) is 0 Å². The Morgan fingerprint density at radius 2 is 1.64 bits per heavy atom. The lowest BCUT2D eigenvalue weighted by Crippen LogP contribution is -2.49. The zero-order valence-corrected chi connectivity index (χ0v) is 17.3. The van der Waals surface area contributed by atoms with Crippen molar-refractivity contribution in [1.82, 2.24) is 9.80 Å². The summed E-state index contributed by atoms with van der Waals surface area (Å²) in [7, 11) is -3.39. The summed E-state index contributed by atoms with van der Waals surface area (Å²) in [6.07, 6.45) is 0. The first-order valence-corrected chi connectivity index (χ1v) is 11.1. The number of hydrogen-bond donors (Lipinski definition) is 0.